The molecule has 3 rings (SSSR count). The topological polar surface area (TPSA) is 82.6 Å². The maximum absolute atomic E-state index is 12.7. The van der Waals surface area contributed by atoms with Gasteiger partial charge in [-0.3, -0.25) is 4.79 Å². The Morgan fingerprint density at radius 2 is 2.14 bits per heavy atom. The predicted molar refractivity (Wildman–Crippen MR) is 81.2 cm³/mol. The number of fused-ring (bicyclic) bond motifs is 1. The van der Waals surface area contributed by atoms with Gasteiger partial charge in [0, 0.05) is 17.4 Å². The van der Waals surface area contributed by atoms with Gasteiger partial charge in [0.25, 0.3) is 5.91 Å². The summed E-state index contributed by atoms with van der Waals surface area (Å²) in [6, 6.07) is 7.22. The normalized spacial score (nSPS) is 21.3. The molecule has 1 aliphatic rings. The number of H-pyrrole nitrogens is 1. The van der Waals surface area contributed by atoms with Gasteiger partial charge in [0.1, 0.15) is 17.0 Å². The van der Waals surface area contributed by atoms with Gasteiger partial charge in [-0.2, -0.15) is 0 Å². The lowest BCUT2D eigenvalue weighted by Crippen LogP contribution is -2.50. The lowest BCUT2D eigenvalue weighted by Gasteiger charge is -2.30. The lowest BCUT2D eigenvalue weighted by atomic mass is 9.99. The number of benzene rings is 1. The molecule has 0 saturated carbocycles. The van der Waals surface area contributed by atoms with E-state index in [0.29, 0.717) is 30.8 Å². The number of nitrogens with one attached hydrogen (secondary N) is 1. The monoisotopic (exact) mass is 302 g/mol. The fourth-order valence-corrected chi connectivity index (χ4v) is 3.01. The molecule has 1 aliphatic heterocycles. The Labute approximate surface area is 127 Å². The highest BCUT2D eigenvalue weighted by Gasteiger charge is 2.46. The first-order chi connectivity index (χ1) is 10.5. The zero-order chi connectivity index (χ0) is 15.9. The maximum Gasteiger partial charge on any atom is 0.329 e. The van der Waals surface area contributed by atoms with Gasteiger partial charge in [0.2, 0.25) is 0 Å². The summed E-state index contributed by atoms with van der Waals surface area (Å²) in [7, 11) is 1.59. The number of rotatable bonds is 3. The maximum atomic E-state index is 12.7. The SMILES string of the molecule is COc1ccc2[nH]c(C(=O)N3CCCC3(C)C(=O)O)cc2c1. The first-order valence-corrected chi connectivity index (χ1v) is 7.18. The molecule has 1 amide bonds. The molecule has 1 unspecified atom stereocenters. The van der Waals surface area contributed by atoms with Crippen LogP contribution < -0.4 is 4.74 Å². The van der Waals surface area contributed by atoms with Crippen LogP contribution in [-0.2, 0) is 4.79 Å². The van der Waals surface area contributed by atoms with Crippen molar-refractivity contribution in [3.05, 3.63) is 30.0 Å². The summed E-state index contributed by atoms with van der Waals surface area (Å²) >= 11 is 0. The number of hydrogen-bond acceptors (Lipinski definition) is 3. The van der Waals surface area contributed by atoms with E-state index in [0.717, 1.165) is 10.9 Å². The number of aliphatic carboxylic acids is 1. The second-order valence-corrected chi connectivity index (χ2v) is 5.78. The molecule has 2 heterocycles. The summed E-state index contributed by atoms with van der Waals surface area (Å²) in [5.74, 6) is -0.532. The van der Waals surface area contributed by atoms with Crippen LogP contribution in [0.15, 0.2) is 24.3 Å². The highest BCUT2D eigenvalue weighted by molar-refractivity contribution is 6.00. The van der Waals surface area contributed by atoms with Crippen molar-refractivity contribution < 1.29 is 19.4 Å². The fraction of sp³-hybridized carbons (Fsp3) is 0.375. The Morgan fingerprint density at radius 1 is 1.36 bits per heavy atom. The van der Waals surface area contributed by atoms with Gasteiger partial charge in [-0.05, 0) is 44.0 Å². The van der Waals surface area contributed by atoms with Crippen molar-refractivity contribution in [2.24, 2.45) is 0 Å². The van der Waals surface area contributed by atoms with Crippen LogP contribution in [0.1, 0.15) is 30.3 Å². The molecule has 6 nitrogen and oxygen atoms in total. The highest BCUT2D eigenvalue weighted by Crippen LogP contribution is 2.31. The van der Waals surface area contributed by atoms with Crippen LogP contribution in [0.3, 0.4) is 0 Å². The number of carbonyl (C=O) groups is 2. The summed E-state index contributed by atoms with van der Waals surface area (Å²) in [6.45, 7) is 2.06. The van der Waals surface area contributed by atoms with Crippen molar-refractivity contribution in [1.82, 2.24) is 9.88 Å². The number of nitrogens with zero attached hydrogens (tertiary/aromatic N) is 1. The van der Waals surface area contributed by atoms with E-state index in [-0.39, 0.29) is 5.91 Å². The van der Waals surface area contributed by atoms with Crippen molar-refractivity contribution in [3.8, 4) is 5.75 Å². The van der Waals surface area contributed by atoms with Crippen molar-refractivity contribution in [1.29, 1.82) is 0 Å². The minimum atomic E-state index is -1.13. The summed E-state index contributed by atoms with van der Waals surface area (Å²) in [6.07, 6.45) is 1.17. The van der Waals surface area contributed by atoms with Crippen LogP contribution in [0.5, 0.6) is 5.75 Å². The van der Waals surface area contributed by atoms with Crippen molar-refractivity contribution in [2.75, 3.05) is 13.7 Å². The summed E-state index contributed by atoms with van der Waals surface area (Å²) in [4.78, 5) is 28.7. The van der Waals surface area contributed by atoms with E-state index in [1.165, 1.54) is 4.90 Å². The van der Waals surface area contributed by atoms with E-state index in [9.17, 15) is 14.7 Å². The van der Waals surface area contributed by atoms with Gasteiger partial charge < -0.3 is 19.7 Å². The molecule has 2 N–H and O–H groups in total. The van der Waals surface area contributed by atoms with E-state index in [4.69, 9.17) is 4.74 Å². The predicted octanol–water partition coefficient (Wildman–Crippen LogP) is 2.26. The fourth-order valence-electron chi connectivity index (χ4n) is 3.01. The van der Waals surface area contributed by atoms with E-state index in [1.54, 1.807) is 20.1 Å². The third-order valence-corrected chi connectivity index (χ3v) is 4.41. The van der Waals surface area contributed by atoms with Gasteiger partial charge in [-0.15, -0.1) is 0 Å². The Morgan fingerprint density at radius 3 is 2.82 bits per heavy atom. The second kappa shape index (κ2) is 5.05. The number of amides is 1. The number of carbonyl (C=O) groups excluding carboxylic acids is 1. The van der Waals surface area contributed by atoms with Gasteiger partial charge in [-0.1, -0.05) is 0 Å². The minimum absolute atomic E-state index is 0.280. The summed E-state index contributed by atoms with van der Waals surface area (Å²) < 4.78 is 5.17. The first kappa shape index (κ1) is 14.4. The first-order valence-electron chi connectivity index (χ1n) is 7.18. The standard InChI is InChI=1S/C16H18N2O4/c1-16(15(20)21)6-3-7-18(16)14(19)13-9-10-8-11(22-2)4-5-12(10)17-13/h4-5,8-9,17H,3,6-7H2,1-2H3,(H,20,21). The summed E-state index contributed by atoms with van der Waals surface area (Å²) in [5.41, 5.74) is 0.0875. The average molecular weight is 302 g/mol. The Bertz CT molecular complexity index is 752. The molecule has 1 saturated heterocycles. The van der Waals surface area contributed by atoms with Crippen LogP contribution in [-0.4, -0.2) is 46.1 Å². The number of hydrogen-bond donors (Lipinski definition) is 2. The van der Waals surface area contributed by atoms with Crippen molar-refractivity contribution >= 4 is 22.8 Å². The third-order valence-electron chi connectivity index (χ3n) is 4.41. The molecule has 116 valence electrons. The molecule has 0 bridgehead atoms. The zero-order valence-corrected chi connectivity index (χ0v) is 12.5. The van der Waals surface area contributed by atoms with Crippen LogP contribution in [0.4, 0.5) is 0 Å². The molecule has 0 aliphatic carbocycles. The number of carboxylic acids is 1. The molecule has 2 aromatic rings. The Hall–Kier alpha value is -2.50. The van der Waals surface area contributed by atoms with E-state index in [2.05, 4.69) is 4.98 Å². The van der Waals surface area contributed by atoms with Gasteiger partial charge in [-0.25, -0.2) is 4.79 Å². The molecule has 6 heteroatoms. The largest absolute Gasteiger partial charge is 0.497 e. The molecular weight excluding hydrogens is 284 g/mol. The summed E-state index contributed by atoms with van der Waals surface area (Å²) in [5, 5.41) is 10.3. The molecule has 0 radical (unpaired) electrons. The smallest absolute Gasteiger partial charge is 0.329 e. The van der Waals surface area contributed by atoms with Crippen molar-refractivity contribution in [3.63, 3.8) is 0 Å². The van der Waals surface area contributed by atoms with Crippen LogP contribution in [0, 0.1) is 0 Å². The Kier molecular flexibility index (Phi) is 3.31. The van der Waals surface area contributed by atoms with E-state index in [1.807, 2.05) is 18.2 Å². The number of carboxylic acid groups (broad SMARTS) is 1. The van der Waals surface area contributed by atoms with Crippen LogP contribution in [0.2, 0.25) is 0 Å². The quantitative estimate of drug-likeness (QED) is 0.911. The average Bonchev–Trinajstić information content (AvgIpc) is 3.09. The minimum Gasteiger partial charge on any atom is -0.497 e. The number of aromatic nitrogens is 1. The van der Waals surface area contributed by atoms with E-state index >= 15 is 0 Å². The van der Waals surface area contributed by atoms with Crippen LogP contribution >= 0.6 is 0 Å². The van der Waals surface area contributed by atoms with E-state index < -0.39 is 11.5 Å². The molecule has 1 aromatic carbocycles. The number of ether oxygens (including phenoxy) is 1. The number of aromatic amines is 1. The van der Waals surface area contributed by atoms with Crippen molar-refractivity contribution in [2.45, 2.75) is 25.3 Å². The lowest BCUT2D eigenvalue weighted by molar-refractivity contribution is -0.147. The molecule has 1 aromatic heterocycles. The zero-order valence-electron chi connectivity index (χ0n) is 12.5. The molecule has 22 heavy (non-hydrogen) atoms. The molecule has 0 spiro atoms. The molecular formula is C16H18N2O4. The Balaban J connectivity index is 1.96. The highest BCUT2D eigenvalue weighted by atomic mass is 16.5. The molecule has 1 fully saturated rings. The molecule has 1 atom stereocenters. The van der Waals surface area contributed by atoms with Crippen LogP contribution in [0.25, 0.3) is 10.9 Å². The van der Waals surface area contributed by atoms with Gasteiger partial charge >= 0.3 is 5.97 Å². The number of methoxy groups -OCH3 is 1. The second-order valence-electron chi connectivity index (χ2n) is 5.78. The third kappa shape index (κ3) is 2.11. The van der Waals surface area contributed by atoms with Gasteiger partial charge in [0.15, 0.2) is 0 Å². The van der Waals surface area contributed by atoms with Gasteiger partial charge in [0.05, 0.1) is 7.11 Å². The number of likely N-dealkylation sites (tertiary alicyclic amines) is 1.